The Balaban J connectivity index is 1.26. The van der Waals surface area contributed by atoms with Crippen LogP contribution in [0.5, 0.6) is 0 Å². The van der Waals surface area contributed by atoms with E-state index in [0.717, 1.165) is 44.7 Å². The Labute approximate surface area is 380 Å². The summed E-state index contributed by atoms with van der Waals surface area (Å²) >= 11 is 1.41. The molecular weight excluding hydrogens is 835 g/mol. The minimum Gasteiger partial charge on any atom is -0.464 e. The Morgan fingerprint density at radius 2 is 1.89 bits per heavy atom. The van der Waals surface area contributed by atoms with E-state index < -0.39 is 46.9 Å². The number of hydrazine groups is 1. The van der Waals surface area contributed by atoms with Gasteiger partial charge in [0.05, 0.1) is 47.9 Å². The molecule has 6 heterocycles. The van der Waals surface area contributed by atoms with Gasteiger partial charge in [-0.2, -0.15) is 0 Å². The van der Waals surface area contributed by atoms with Gasteiger partial charge in [0.15, 0.2) is 0 Å². The lowest BCUT2D eigenvalue weighted by atomic mass is 9.84. The number of methoxy groups -OCH3 is 1. The Kier molecular flexibility index (Phi) is 13.9. The summed E-state index contributed by atoms with van der Waals surface area (Å²) in [6.07, 6.45) is 3.20. The van der Waals surface area contributed by atoms with E-state index in [1.807, 2.05) is 51.2 Å². The number of carbonyl (C=O) groups is 4. The summed E-state index contributed by atoms with van der Waals surface area (Å²) < 4.78 is 14.2. The van der Waals surface area contributed by atoms with Crippen LogP contribution in [0, 0.1) is 11.3 Å². The number of esters is 1. The van der Waals surface area contributed by atoms with E-state index in [2.05, 4.69) is 60.3 Å². The minimum atomic E-state index is -1.08. The Bertz CT molecular complexity index is 2370. The SMILES string of the molecule is CCn1c(-c2cccnc2[C@H](C)OC)c2c3cc(ccc31)-c1csc(n1)C[C@H](NC(=O)[C@H](C(C)C)N(C)C(=O)N1CC(O)(CN(C)C)C1)C(=O)N1CCC[C@H](N1)C(=O)OCC(C)(C)C2. The topological polar surface area (TPSA) is 175 Å². The summed E-state index contributed by atoms with van der Waals surface area (Å²) in [5, 5.41) is 19.0. The summed E-state index contributed by atoms with van der Waals surface area (Å²) in [4.78, 5) is 71.2. The lowest BCUT2D eigenvalue weighted by Gasteiger charge is -2.49. The predicted octanol–water partition coefficient (Wildman–Crippen LogP) is 4.89. The average molecular weight is 900 g/mol. The van der Waals surface area contributed by atoms with E-state index in [-0.39, 0.29) is 44.2 Å². The summed E-state index contributed by atoms with van der Waals surface area (Å²) in [6.45, 7) is 13.9. The number of pyridine rings is 1. The number of thiazole rings is 1. The Hall–Kier alpha value is -4.94. The van der Waals surface area contributed by atoms with Crippen LogP contribution in [0.25, 0.3) is 33.4 Å². The maximum Gasteiger partial charge on any atom is 0.324 e. The zero-order valence-corrected chi connectivity index (χ0v) is 39.8. The Morgan fingerprint density at radius 3 is 2.58 bits per heavy atom. The number of fused-ring (bicyclic) bond motifs is 6. The fraction of sp³-hybridized carbons (Fsp3) is 0.574. The van der Waals surface area contributed by atoms with Gasteiger partial charge in [0.1, 0.15) is 23.7 Å². The number of benzene rings is 1. The molecule has 2 saturated heterocycles. The predicted molar refractivity (Wildman–Crippen MR) is 246 cm³/mol. The van der Waals surface area contributed by atoms with Crippen molar-refractivity contribution in [1.82, 2.24) is 45.0 Å². The standard InChI is InChI=1S/C47H65N9O7S/c1-11-55-37-17-16-30-20-32(37)33(41(55)31-14-12-18-48-39(31)29(4)62-10)22-46(5,6)27-63-44(59)34-15-13-19-56(51-34)43(58)35(21-38-49-36(30)23-64-38)50-42(57)40(28(2)3)53(9)45(60)54-25-47(61,26-54)24-52(7)8/h12,14,16-18,20,23,28-29,34-35,40,51,61H,11,13,15,19,21-22,24-27H2,1-10H3,(H,50,57)/t29-,34-,35-,40-/m0/s1. The number of carbonyl (C=O) groups excluding carboxylic acids is 4. The van der Waals surface area contributed by atoms with E-state index in [1.54, 1.807) is 20.4 Å². The fourth-order valence-corrected chi connectivity index (χ4v) is 10.4. The molecule has 16 nitrogen and oxygen atoms in total. The molecule has 0 unspecified atom stereocenters. The third-order valence-corrected chi connectivity index (χ3v) is 13.5. The number of likely N-dealkylation sites (N-methyl/N-ethyl adjacent to an activating group) is 2. The summed E-state index contributed by atoms with van der Waals surface area (Å²) in [7, 11) is 6.99. The van der Waals surface area contributed by atoms with Gasteiger partial charge < -0.3 is 39.2 Å². The average Bonchev–Trinajstić information content (AvgIpc) is 3.84. The highest BCUT2D eigenvalue weighted by molar-refractivity contribution is 7.10. The summed E-state index contributed by atoms with van der Waals surface area (Å²) in [6, 6.07) is 7.24. The number of hydrogen-bond acceptors (Lipinski definition) is 12. The van der Waals surface area contributed by atoms with Crippen LogP contribution < -0.4 is 10.7 Å². The molecule has 0 aliphatic carbocycles. The molecule has 4 aromatic rings. The number of nitrogens with one attached hydrogen (secondary N) is 2. The van der Waals surface area contributed by atoms with Crippen LogP contribution in [0.15, 0.2) is 41.9 Å². The quantitative estimate of drug-likeness (QED) is 0.185. The maximum absolute atomic E-state index is 14.6. The number of aliphatic hydroxyl groups is 1. The second kappa shape index (κ2) is 18.9. The first kappa shape index (κ1) is 47.0. The first-order chi connectivity index (χ1) is 30.3. The number of cyclic esters (lactones) is 1. The molecule has 6 bridgehead atoms. The number of ether oxygens (including phenoxy) is 2. The molecule has 3 aliphatic rings. The molecule has 3 aromatic heterocycles. The number of likely N-dealkylation sites (tertiary alicyclic amines) is 1. The highest BCUT2D eigenvalue weighted by atomic mass is 32.1. The monoisotopic (exact) mass is 899 g/mol. The third kappa shape index (κ3) is 9.69. The van der Waals surface area contributed by atoms with Gasteiger partial charge in [0, 0.05) is 79.2 Å². The van der Waals surface area contributed by atoms with E-state index in [9.17, 15) is 24.3 Å². The van der Waals surface area contributed by atoms with Crippen molar-refractivity contribution in [3.63, 3.8) is 0 Å². The van der Waals surface area contributed by atoms with Crippen LogP contribution in [0.1, 0.15) is 76.8 Å². The largest absolute Gasteiger partial charge is 0.464 e. The molecule has 1 aromatic carbocycles. The van der Waals surface area contributed by atoms with Crippen molar-refractivity contribution in [2.45, 2.75) is 104 Å². The first-order valence-corrected chi connectivity index (χ1v) is 23.2. The smallest absolute Gasteiger partial charge is 0.324 e. The molecule has 7 rings (SSSR count). The molecule has 0 spiro atoms. The van der Waals surface area contributed by atoms with Gasteiger partial charge in [0.2, 0.25) is 5.91 Å². The van der Waals surface area contributed by atoms with Crippen molar-refractivity contribution in [1.29, 1.82) is 0 Å². The molecule has 346 valence electrons. The van der Waals surface area contributed by atoms with Crippen molar-refractivity contribution in [2.24, 2.45) is 11.3 Å². The number of aryl methyl sites for hydroxylation is 1. The molecule has 2 fully saturated rings. The second-order valence-electron chi connectivity index (χ2n) is 19.2. The van der Waals surface area contributed by atoms with Crippen molar-refractivity contribution < 1.29 is 33.8 Å². The van der Waals surface area contributed by atoms with Crippen molar-refractivity contribution in [3.05, 3.63) is 58.2 Å². The molecule has 4 amide bonds. The highest BCUT2D eigenvalue weighted by Crippen LogP contribution is 2.42. The number of β-amino-alcohol motifs (C(OH)–C–C–N with tert-alkyl or cyclic N) is 1. The van der Waals surface area contributed by atoms with E-state index in [0.29, 0.717) is 43.9 Å². The van der Waals surface area contributed by atoms with Crippen molar-refractivity contribution >= 4 is 46.1 Å². The number of hydrogen-bond donors (Lipinski definition) is 3. The molecule has 4 atom stereocenters. The van der Waals surface area contributed by atoms with E-state index in [4.69, 9.17) is 19.4 Å². The van der Waals surface area contributed by atoms with E-state index >= 15 is 0 Å². The van der Waals surface area contributed by atoms with Crippen LogP contribution in [-0.4, -0.2) is 148 Å². The van der Waals surface area contributed by atoms with Crippen LogP contribution in [0.3, 0.4) is 0 Å². The van der Waals surface area contributed by atoms with Gasteiger partial charge in [-0.1, -0.05) is 33.8 Å². The summed E-state index contributed by atoms with van der Waals surface area (Å²) in [5.41, 5.74) is 8.25. The number of amides is 4. The fourth-order valence-electron chi connectivity index (χ4n) is 9.58. The number of urea groups is 1. The third-order valence-electron chi connectivity index (χ3n) is 12.6. The van der Waals surface area contributed by atoms with Gasteiger partial charge in [-0.15, -0.1) is 11.3 Å². The zero-order chi connectivity index (χ0) is 46.2. The molecule has 3 aliphatic heterocycles. The van der Waals surface area contributed by atoms with Crippen molar-refractivity contribution in [3.8, 4) is 22.5 Å². The molecule has 3 N–H and O–H groups in total. The van der Waals surface area contributed by atoms with Crippen LogP contribution in [-0.2, 0) is 43.2 Å². The lowest BCUT2D eigenvalue weighted by molar-refractivity contribution is -0.155. The Morgan fingerprint density at radius 1 is 1.14 bits per heavy atom. The molecule has 0 radical (unpaired) electrons. The lowest BCUT2D eigenvalue weighted by Crippen LogP contribution is -2.70. The molecular formula is C47H65N9O7S. The maximum atomic E-state index is 14.6. The van der Waals surface area contributed by atoms with Gasteiger partial charge in [-0.3, -0.25) is 24.4 Å². The number of aromatic nitrogens is 3. The number of nitrogens with zero attached hydrogens (tertiary/aromatic N) is 7. The van der Waals surface area contributed by atoms with E-state index in [1.165, 1.54) is 26.1 Å². The highest BCUT2D eigenvalue weighted by Gasteiger charge is 2.47. The van der Waals surface area contributed by atoms with Crippen LogP contribution in [0.4, 0.5) is 4.79 Å². The van der Waals surface area contributed by atoms with Crippen LogP contribution in [0.2, 0.25) is 0 Å². The normalized spacial score (nSPS) is 21.0. The molecule has 17 heteroatoms. The van der Waals surface area contributed by atoms with Crippen molar-refractivity contribution in [2.75, 3.05) is 61.0 Å². The second-order valence-corrected chi connectivity index (χ2v) is 20.1. The summed E-state index contributed by atoms with van der Waals surface area (Å²) in [5.74, 6) is -1.69. The first-order valence-electron chi connectivity index (χ1n) is 22.3. The van der Waals surface area contributed by atoms with Gasteiger partial charge in [0.25, 0.3) is 5.91 Å². The van der Waals surface area contributed by atoms with Gasteiger partial charge in [-0.25, -0.2) is 15.2 Å². The minimum absolute atomic E-state index is 0.0776. The van der Waals surface area contributed by atoms with Crippen LogP contribution >= 0.6 is 11.3 Å². The van der Waals surface area contributed by atoms with Gasteiger partial charge >= 0.3 is 12.0 Å². The molecule has 64 heavy (non-hydrogen) atoms. The van der Waals surface area contributed by atoms with Gasteiger partial charge in [-0.05, 0) is 83.0 Å². The molecule has 0 saturated carbocycles. The number of rotatable bonds is 10. The zero-order valence-electron chi connectivity index (χ0n) is 38.9.